The highest BCUT2D eigenvalue weighted by atomic mass is 16.6. The van der Waals surface area contributed by atoms with Crippen molar-refractivity contribution in [3.05, 3.63) is 98.7 Å². The average molecular weight is 400 g/mol. The third kappa shape index (κ3) is 3.66. The standard InChI is InChI=1S/C22H16N4O4/c27-21(24-23-13-15-9-11-16(12-10-15)26(29)30)14-25-19-7-3-1-5-17(19)22(28)18-6-2-4-8-20(18)25/h1-13H,14H2,(H,24,27). The summed E-state index contributed by atoms with van der Waals surface area (Å²) in [5.74, 6) is -0.368. The maximum absolute atomic E-state index is 12.7. The van der Waals surface area contributed by atoms with E-state index in [4.69, 9.17) is 0 Å². The summed E-state index contributed by atoms with van der Waals surface area (Å²) in [6, 6.07) is 20.1. The lowest BCUT2D eigenvalue weighted by atomic mass is 10.1. The second-order valence-electron chi connectivity index (χ2n) is 6.59. The Morgan fingerprint density at radius 1 is 0.967 bits per heavy atom. The Kier molecular flexibility index (Phi) is 5.04. The highest BCUT2D eigenvalue weighted by Gasteiger charge is 2.12. The Morgan fingerprint density at radius 2 is 1.53 bits per heavy atom. The molecule has 0 fully saturated rings. The van der Waals surface area contributed by atoms with E-state index in [9.17, 15) is 19.7 Å². The van der Waals surface area contributed by atoms with Crippen LogP contribution in [0.5, 0.6) is 0 Å². The van der Waals surface area contributed by atoms with Crippen molar-refractivity contribution in [1.29, 1.82) is 0 Å². The van der Waals surface area contributed by atoms with Gasteiger partial charge < -0.3 is 4.57 Å². The molecule has 4 aromatic rings. The fourth-order valence-electron chi connectivity index (χ4n) is 3.29. The smallest absolute Gasteiger partial charge is 0.269 e. The number of fused-ring (bicyclic) bond motifs is 2. The van der Waals surface area contributed by atoms with Crippen LogP contribution in [0, 0.1) is 10.1 Å². The first kappa shape index (κ1) is 19.0. The molecule has 1 heterocycles. The molecule has 1 amide bonds. The number of hydrogen-bond donors (Lipinski definition) is 1. The van der Waals surface area contributed by atoms with Gasteiger partial charge in [-0.15, -0.1) is 0 Å². The molecular weight excluding hydrogens is 384 g/mol. The van der Waals surface area contributed by atoms with Gasteiger partial charge in [0.2, 0.25) is 0 Å². The number of carbonyl (C=O) groups is 1. The Morgan fingerprint density at radius 3 is 2.10 bits per heavy atom. The number of nitro groups is 1. The first-order chi connectivity index (χ1) is 14.5. The summed E-state index contributed by atoms with van der Waals surface area (Å²) in [7, 11) is 0. The van der Waals surface area contributed by atoms with Crippen molar-refractivity contribution in [1.82, 2.24) is 9.99 Å². The van der Waals surface area contributed by atoms with Crippen molar-refractivity contribution >= 4 is 39.6 Å². The van der Waals surface area contributed by atoms with E-state index in [1.807, 2.05) is 12.1 Å². The number of nitro benzene ring substituents is 1. The van der Waals surface area contributed by atoms with Gasteiger partial charge in [0.25, 0.3) is 11.6 Å². The predicted octanol–water partition coefficient (Wildman–Crippen LogP) is 3.21. The summed E-state index contributed by atoms with van der Waals surface area (Å²) in [4.78, 5) is 35.5. The van der Waals surface area contributed by atoms with Crippen LogP contribution in [0.25, 0.3) is 21.8 Å². The molecule has 8 nitrogen and oxygen atoms in total. The van der Waals surface area contributed by atoms with Crippen LogP contribution in [0.15, 0.2) is 82.7 Å². The monoisotopic (exact) mass is 400 g/mol. The topological polar surface area (TPSA) is 107 Å². The summed E-state index contributed by atoms with van der Waals surface area (Å²) in [6.45, 7) is -0.0289. The molecule has 3 aromatic carbocycles. The van der Waals surface area contributed by atoms with Crippen molar-refractivity contribution in [2.24, 2.45) is 5.10 Å². The lowest BCUT2D eigenvalue weighted by Gasteiger charge is -2.14. The van der Waals surface area contributed by atoms with E-state index in [2.05, 4.69) is 10.5 Å². The zero-order valence-corrected chi connectivity index (χ0v) is 15.7. The highest BCUT2D eigenvalue weighted by molar-refractivity contribution is 5.95. The maximum Gasteiger partial charge on any atom is 0.269 e. The lowest BCUT2D eigenvalue weighted by molar-refractivity contribution is -0.384. The lowest BCUT2D eigenvalue weighted by Crippen LogP contribution is -2.25. The number of benzene rings is 3. The Labute approximate surface area is 170 Å². The van der Waals surface area contributed by atoms with Crippen LogP contribution in [0.4, 0.5) is 5.69 Å². The zero-order chi connectivity index (χ0) is 21.1. The quantitative estimate of drug-likeness (QED) is 0.240. The number of pyridine rings is 1. The Bertz CT molecular complexity index is 1300. The minimum absolute atomic E-state index is 0.0202. The van der Waals surface area contributed by atoms with Gasteiger partial charge in [-0.3, -0.25) is 19.7 Å². The SMILES string of the molecule is O=C(Cn1c2ccccc2c(=O)c2ccccc21)NN=Cc1ccc([N+](=O)[O-])cc1. The summed E-state index contributed by atoms with van der Waals surface area (Å²) in [5.41, 5.74) is 4.30. The maximum atomic E-state index is 12.7. The number of nitrogens with one attached hydrogen (secondary N) is 1. The van der Waals surface area contributed by atoms with Gasteiger partial charge >= 0.3 is 0 Å². The third-order valence-electron chi connectivity index (χ3n) is 4.69. The van der Waals surface area contributed by atoms with Gasteiger partial charge in [0.15, 0.2) is 5.43 Å². The average Bonchev–Trinajstić information content (AvgIpc) is 2.77. The Balaban J connectivity index is 1.59. The van der Waals surface area contributed by atoms with Gasteiger partial charge in [0, 0.05) is 22.9 Å². The van der Waals surface area contributed by atoms with E-state index in [-0.39, 0.29) is 23.6 Å². The number of rotatable bonds is 5. The Hall–Kier alpha value is -4.33. The molecule has 4 rings (SSSR count). The van der Waals surface area contributed by atoms with Crippen molar-refractivity contribution in [3.8, 4) is 0 Å². The van der Waals surface area contributed by atoms with Crippen LogP contribution in [-0.2, 0) is 11.3 Å². The summed E-state index contributed by atoms with van der Waals surface area (Å²) >= 11 is 0. The van der Waals surface area contributed by atoms with E-state index in [0.29, 0.717) is 27.4 Å². The molecule has 0 aliphatic carbocycles. The van der Waals surface area contributed by atoms with E-state index in [1.54, 1.807) is 41.0 Å². The van der Waals surface area contributed by atoms with E-state index < -0.39 is 4.92 Å². The number of aromatic nitrogens is 1. The van der Waals surface area contributed by atoms with Gasteiger partial charge in [-0.05, 0) is 42.0 Å². The van der Waals surface area contributed by atoms with E-state index >= 15 is 0 Å². The second kappa shape index (κ2) is 7.96. The van der Waals surface area contributed by atoms with Gasteiger partial charge in [-0.25, -0.2) is 5.43 Å². The number of nitrogens with zero attached hydrogens (tertiary/aromatic N) is 3. The van der Waals surface area contributed by atoms with E-state index in [1.165, 1.54) is 30.5 Å². The van der Waals surface area contributed by atoms with Crippen molar-refractivity contribution in [2.45, 2.75) is 6.54 Å². The molecular formula is C22H16N4O4. The summed E-state index contributed by atoms with van der Waals surface area (Å²) in [5, 5.41) is 15.7. The van der Waals surface area contributed by atoms with Gasteiger partial charge in [-0.1, -0.05) is 24.3 Å². The van der Waals surface area contributed by atoms with Crippen LogP contribution < -0.4 is 10.9 Å². The molecule has 0 unspecified atom stereocenters. The van der Waals surface area contributed by atoms with Crippen molar-refractivity contribution in [3.63, 3.8) is 0 Å². The largest absolute Gasteiger partial charge is 0.331 e. The molecule has 0 saturated heterocycles. The van der Waals surface area contributed by atoms with Gasteiger partial charge in [0.1, 0.15) is 6.54 Å². The van der Waals surface area contributed by atoms with Gasteiger partial charge in [-0.2, -0.15) is 5.10 Å². The van der Waals surface area contributed by atoms with Gasteiger partial charge in [0.05, 0.1) is 22.2 Å². The van der Waals surface area contributed by atoms with Crippen LogP contribution >= 0.6 is 0 Å². The van der Waals surface area contributed by atoms with Crippen molar-refractivity contribution in [2.75, 3.05) is 0 Å². The van der Waals surface area contributed by atoms with Crippen LogP contribution in [0.3, 0.4) is 0 Å². The molecule has 8 heteroatoms. The predicted molar refractivity (Wildman–Crippen MR) is 115 cm³/mol. The van der Waals surface area contributed by atoms with Crippen LogP contribution in [0.2, 0.25) is 0 Å². The number of non-ortho nitro benzene ring substituents is 1. The first-order valence-corrected chi connectivity index (χ1v) is 9.11. The fraction of sp³-hybridized carbons (Fsp3) is 0.0455. The number of hydrazone groups is 1. The van der Waals surface area contributed by atoms with Crippen molar-refractivity contribution < 1.29 is 9.72 Å². The summed E-state index contributed by atoms with van der Waals surface area (Å²) in [6.07, 6.45) is 1.41. The van der Waals surface area contributed by atoms with Crippen LogP contribution in [0.1, 0.15) is 5.56 Å². The molecule has 0 aliphatic rings. The number of amides is 1. The molecule has 1 aromatic heterocycles. The minimum Gasteiger partial charge on any atom is -0.331 e. The molecule has 0 bridgehead atoms. The third-order valence-corrected chi connectivity index (χ3v) is 4.69. The highest BCUT2D eigenvalue weighted by Crippen LogP contribution is 2.19. The normalized spacial score (nSPS) is 11.2. The van der Waals surface area contributed by atoms with E-state index in [0.717, 1.165) is 0 Å². The number of hydrogen-bond acceptors (Lipinski definition) is 5. The second-order valence-corrected chi connectivity index (χ2v) is 6.59. The molecule has 0 saturated carbocycles. The molecule has 0 spiro atoms. The number of carbonyl (C=O) groups excluding carboxylic acids is 1. The summed E-state index contributed by atoms with van der Waals surface area (Å²) < 4.78 is 1.78. The minimum atomic E-state index is -0.484. The fourth-order valence-corrected chi connectivity index (χ4v) is 3.29. The molecule has 148 valence electrons. The molecule has 30 heavy (non-hydrogen) atoms. The molecule has 0 radical (unpaired) electrons. The molecule has 0 aliphatic heterocycles. The zero-order valence-electron chi connectivity index (χ0n) is 15.7. The molecule has 0 atom stereocenters. The van der Waals surface area contributed by atoms with Crippen LogP contribution in [-0.4, -0.2) is 21.6 Å². The molecule has 1 N–H and O–H groups in total. The first-order valence-electron chi connectivity index (χ1n) is 9.11. The number of para-hydroxylation sites is 2.